The van der Waals surface area contributed by atoms with Crippen molar-refractivity contribution >= 4 is 29.1 Å². The summed E-state index contributed by atoms with van der Waals surface area (Å²) in [5.74, 6) is 0.839. The van der Waals surface area contributed by atoms with E-state index in [4.69, 9.17) is 11.6 Å². The molecular weight excluding hydrogens is 274 g/mol. The van der Waals surface area contributed by atoms with Crippen molar-refractivity contribution < 1.29 is 4.92 Å². The minimum Gasteiger partial charge on any atom is -0.303 e. The summed E-state index contributed by atoms with van der Waals surface area (Å²) >= 11 is 7.23. The zero-order chi connectivity index (χ0) is 13.5. The van der Waals surface area contributed by atoms with Gasteiger partial charge in [-0.1, -0.05) is 25.4 Å². The predicted octanol–water partition coefficient (Wildman–Crippen LogP) is 3.08. The van der Waals surface area contributed by atoms with Gasteiger partial charge >= 0.3 is 0 Å². The molecule has 1 aromatic heterocycles. The Kier molecular flexibility index (Phi) is 6.38. The maximum atomic E-state index is 10.7. The maximum absolute atomic E-state index is 10.7. The van der Waals surface area contributed by atoms with Gasteiger partial charge in [0.15, 0.2) is 0 Å². The van der Waals surface area contributed by atoms with Crippen molar-refractivity contribution in [1.29, 1.82) is 0 Å². The molecule has 1 aromatic rings. The minimum atomic E-state index is -0.456. The van der Waals surface area contributed by atoms with Crippen LogP contribution in [0.5, 0.6) is 0 Å². The Morgan fingerprint density at radius 1 is 1.44 bits per heavy atom. The second-order valence-electron chi connectivity index (χ2n) is 3.62. The highest BCUT2D eigenvalue weighted by molar-refractivity contribution is 7.99. The molecule has 0 spiro atoms. The first kappa shape index (κ1) is 15.2. The fourth-order valence-electron chi connectivity index (χ4n) is 1.46. The molecule has 0 aliphatic heterocycles. The van der Waals surface area contributed by atoms with E-state index in [9.17, 15) is 10.1 Å². The molecule has 0 saturated carbocycles. The lowest BCUT2D eigenvalue weighted by molar-refractivity contribution is -0.385. The van der Waals surface area contributed by atoms with Gasteiger partial charge in [0.05, 0.1) is 11.0 Å². The van der Waals surface area contributed by atoms with E-state index in [2.05, 4.69) is 23.7 Å². The first-order valence-electron chi connectivity index (χ1n) is 5.74. The number of thioether (sulfide) groups is 1. The summed E-state index contributed by atoms with van der Waals surface area (Å²) < 4.78 is 0. The molecule has 0 N–H and O–H groups in total. The van der Waals surface area contributed by atoms with Crippen LogP contribution in [0.25, 0.3) is 0 Å². The first-order chi connectivity index (χ1) is 8.56. The van der Waals surface area contributed by atoms with E-state index in [0.29, 0.717) is 5.03 Å². The quantitative estimate of drug-likeness (QED) is 0.334. The smallest absolute Gasteiger partial charge is 0.275 e. The Bertz CT molecular complexity index is 413. The SMILES string of the molecule is CCN(CC)CCSc1cc([N+](=O)[O-])cc(Cl)n1. The van der Waals surface area contributed by atoms with Crippen LogP contribution in [0.4, 0.5) is 5.69 Å². The van der Waals surface area contributed by atoms with E-state index in [1.165, 1.54) is 23.9 Å². The third-order valence-electron chi connectivity index (χ3n) is 2.52. The third kappa shape index (κ3) is 4.80. The van der Waals surface area contributed by atoms with Crippen molar-refractivity contribution in [1.82, 2.24) is 9.88 Å². The predicted molar refractivity (Wildman–Crippen MR) is 74.4 cm³/mol. The molecule has 0 atom stereocenters. The molecule has 0 aliphatic carbocycles. The lowest BCUT2D eigenvalue weighted by Crippen LogP contribution is -2.25. The summed E-state index contributed by atoms with van der Waals surface area (Å²) in [5, 5.41) is 11.4. The van der Waals surface area contributed by atoms with Crippen molar-refractivity contribution in [3.8, 4) is 0 Å². The molecule has 7 heteroatoms. The standard InChI is InChI=1S/C11H16ClN3O2S/c1-3-14(4-2)5-6-18-11-8-9(15(16)17)7-10(12)13-11/h7-8H,3-6H2,1-2H3. The molecule has 0 aliphatic rings. The summed E-state index contributed by atoms with van der Waals surface area (Å²) in [4.78, 5) is 16.6. The van der Waals surface area contributed by atoms with Gasteiger partial charge in [-0.3, -0.25) is 10.1 Å². The summed E-state index contributed by atoms with van der Waals surface area (Å²) in [6, 6.07) is 2.72. The van der Waals surface area contributed by atoms with Crippen molar-refractivity contribution in [2.45, 2.75) is 18.9 Å². The lowest BCUT2D eigenvalue weighted by Gasteiger charge is -2.16. The lowest BCUT2D eigenvalue weighted by atomic mass is 10.4. The molecule has 100 valence electrons. The summed E-state index contributed by atoms with van der Waals surface area (Å²) in [7, 11) is 0. The van der Waals surface area contributed by atoms with Crippen LogP contribution in [-0.4, -0.2) is 40.2 Å². The molecule has 5 nitrogen and oxygen atoms in total. The van der Waals surface area contributed by atoms with Crippen LogP contribution >= 0.6 is 23.4 Å². The summed E-state index contributed by atoms with van der Waals surface area (Å²) in [5.41, 5.74) is -0.0136. The minimum absolute atomic E-state index is 0.0136. The number of nitro groups is 1. The number of nitrogens with zero attached hydrogens (tertiary/aromatic N) is 3. The number of rotatable bonds is 7. The number of pyridine rings is 1. The van der Waals surface area contributed by atoms with Gasteiger partial charge in [0, 0.05) is 18.4 Å². The van der Waals surface area contributed by atoms with E-state index >= 15 is 0 Å². The molecule has 0 aromatic carbocycles. The molecule has 0 bridgehead atoms. The van der Waals surface area contributed by atoms with Gasteiger partial charge in [-0.15, -0.1) is 11.8 Å². The second kappa shape index (κ2) is 7.56. The van der Waals surface area contributed by atoms with Gasteiger partial charge in [0.2, 0.25) is 0 Å². The largest absolute Gasteiger partial charge is 0.303 e. The van der Waals surface area contributed by atoms with Crippen LogP contribution in [0.2, 0.25) is 5.15 Å². The molecule has 0 saturated heterocycles. The number of aromatic nitrogens is 1. The molecule has 0 fully saturated rings. The zero-order valence-electron chi connectivity index (χ0n) is 10.4. The van der Waals surface area contributed by atoms with Crippen LogP contribution in [-0.2, 0) is 0 Å². The first-order valence-corrected chi connectivity index (χ1v) is 7.10. The average molecular weight is 290 g/mol. The number of hydrogen-bond acceptors (Lipinski definition) is 5. The van der Waals surface area contributed by atoms with E-state index in [0.717, 1.165) is 25.4 Å². The monoisotopic (exact) mass is 289 g/mol. The van der Waals surface area contributed by atoms with Gasteiger partial charge in [0.1, 0.15) is 10.2 Å². The normalized spacial score (nSPS) is 10.9. The summed E-state index contributed by atoms with van der Waals surface area (Å²) in [6.07, 6.45) is 0. The second-order valence-corrected chi connectivity index (χ2v) is 5.12. The molecule has 1 rings (SSSR count). The van der Waals surface area contributed by atoms with Gasteiger partial charge in [-0.05, 0) is 13.1 Å². The maximum Gasteiger partial charge on any atom is 0.275 e. The summed E-state index contributed by atoms with van der Waals surface area (Å²) in [6.45, 7) is 7.15. The Balaban J connectivity index is 2.59. The van der Waals surface area contributed by atoms with Crippen LogP contribution in [0.3, 0.4) is 0 Å². The average Bonchev–Trinajstić information content (AvgIpc) is 2.34. The molecule has 0 amide bonds. The molecule has 0 unspecified atom stereocenters. The van der Waals surface area contributed by atoms with Crippen LogP contribution in [0.15, 0.2) is 17.2 Å². The zero-order valence-corrected chi connectivity index (χ0v) is 12.0. The van der Waals surface area contributed by atoms with Gasteiger partial charge in [-0.2, -0.15) is 0 Å². The van der Waals surface area contributed by atoms with Crippen molar-refractivity contribution in [2.75, 3.05) is 25.4 Å². The molecule has 1 heterocycles. The van der Waals surface area contributed by atoms with Gasteiger partial charge in [0.25, 0.3) is 5.69 Å². The molecule has 0 radical (unpaired) electrons. The van der Waals surface area contributed by atoms with Crippen molar-refractivity contribution in [2.24, 2.45) is 0 Å². The Labute approximate surface area is 116 Å². The van der Waals surface area contributed by atoms with Crippen LogP contribution in [0, 0.1) is 10.1 Å². The number of hydrogen-bond donors (Lipinski definition) is 0. The number of halogens is 1. The van der Waals surface area contributed by atoms with Gasteiger partial charge in [-0.25, -0.2) is 4.98 Å². The highest BCUT2D eigenvalue weighted by atomic mass is 35.5. The fraction of sp³-hybridized carbons (Fsp3) is 0.545. The Morgan fingerprint density at radius 2 is 2.11 bits per heavy atom. The van der Waals surface area contributed by atoms with Crippen LogP contribution in [0.1, 0.15) is 13.8 Å². The van der Waals surface area contributed by atoms with Gasteiger partial charge < -0.3 is 4.90 Å². The van der Waals surface area contributed by atoms with E-state index in [1.54, 1.807) is 0 Å². The van der Waals surface area contributed by atoms with Crippen molar-refractivity contribution in [3.63, 3.8) is 0 Å². The topological polar surface area (TPSA) is 59.3 Å². The van der Waals surface area contributed by atoms with E-state index in [-0.39, 0.29) is 10.8 Å². The van der Waals surface area contributed by atoms with E-state index < -0.39 is 4.92 Å². The Hall–Kier alpha value is -0.850. The third-order valence-corrected chi connectivity index (χ3v) is 3.60. The Morgan fingerprint density at radius 3 is 2.67 bits per heavy atom. The molecule has 18 heavy (non-hydrogen) atoms. The fourth-order valence-corrected chi connectivity index (χ4v) is 2.64. The van der Waals surface area contributed by atoms with Crippen LogP contribution < -0.4 is 0 Å². The highest BCUT2D eigenvalue weighted by Gasteiger charge is 2.10. The van der Waals surface area contributed by atoms with E-state index in [1.807, 2.05) is 0 Å². The molecular formula is C11H16ClN3O2S. The highest BCUT2D eigenvalue weighted by Crippen LogP contribution is 2.24. The van der Waals surface area contributed by atoms with Crippen molar-refractivity contribution in [3.05, 3.63) is 27.4 Å².